The Kier molecular flexibility index (Phi) is 3.55. The second kappa shape index (κ2) is 4.71. The Bertz CT molecular complexity index is 292. The molecule has 0 saturated heterocycles. The lowest BCUT2D eigenvalue weighted by Gasteiger charge is -2.25. The molecule has 4 heteroatoms. The molecule has 0 bridgehead atoms. The molecule has 0 aromatic carbocycles. The molecule has 0 N–H and O–H groups in total. The van der Waals surface area contributed by atoms with Gasteiger partial charge in [0, 0.05) is 5.92 Å². The number of hydrogen-bond acceptors (Lipinski definition) is 3. The zero-order valence-corrected chi connectivity index (χ0v) is 10.8. The highest BCUT2D eigenvalue weighted by Crippen LogP contribution is 2.36. The summed E-state index contributed by atoms with van der Waals surface area (Å²) in [6.07, 6.45) is 6.61. The van der Waals surface area contributed by atoms with Crippen molar-refractivity contribution in [2.24, 2.45) is 5.92 Å². The van der Waals surface area contributed by atoms with E-state index in [-0.39, 0.29) is 0 Å². The van der Waals surface area contributed by atoms with Gasteiger partial charge in [0.05, 0.1) is 0 Å². The minimum Gasteiger partial charge on any atom is -0.212 e. The summed E-state index contributed by atoms with van der Waals surface area (Å²) in [7, 11) is 0. The molecule has 0 aliphatic heterocycles. The number of rotatable bonds is 2. The van der Waals surface area contributed by atoms with Crippen LogP contribution in [-0.4, -0.2) is 9.36 Å². The van der Waals surface area contributed by atoms with Gasteiger partial charge < -0.3 is 0 Å². The molecule has 0 radical (unpaired) electrons. The van der Waals surface area contributed by atoms with Crippen LogP contribution >= 0.6 is 27.5 Å². The topological polar surface area (TPSA) is 25.8 Å². The van der Waals surface area contributed by atoms with Crippen molar-refractivity contribution in [3.8, 4) is 0 Å². The summed E-state index contributed by atoms with van der Waals surface area (Å²) >= 11 is 4.83. The molecule has 0 amide bonds. The van der Waals surface area contributed by atoms with Crippen LogP contribution in [0, 0.1) is 5.92 Å². The maximum Gasteiger partial charge on any atom is 0.179 e. The van der Waals surface area contributed by atoms with E-state index in [1.165, 1.54) is 43.6 Å². The molecule has 1 aliphatic rings. The Balaban J connectivity index is 1.95. The van der Waals surface area contributed by atoms with Crippen LogP contribution < -0.4 is 0 Å². The first-order valence-electron chi connectivity index (χ1n) is 5.28. The Hall–Kier alpha value is 0.0400. The Morgan fingerprint density at radius 2 is 2.07 bits per heavy atom. The zero-order valence-electron chi connectivity index (χ0n) is 8.37. The molecule has 1 fully saturated rings. The highest BCUT2D eigenvalue weighted by molar-refractivity contribution is 9.11. The summed E-state index contributed by atoms with van der Waals surface area (Å²) < 4.78 is 5.30. The highest BCUT2D eigenvalue weighted by atomic mass is 79.9. The van der Waals surface area contributed by atoms with Gasteiger partial charge in [-0.2, -0.15) is 4.37 Å². The predicted octanol–water partition coefficient (Wildman–Crippen LogP) is 3.98. The lowest BCUT2D eigenvalue weighted by atomic mass is 9.80. The third kappa shape index (κ3) is 2.34. The van der Waals surface area contributed by atoms with Gasteiger partial charge in [-0.3, -0.25) is 0 Å². The maximum absolute atomic E-state index is 4.41. The van der Waals surface area contributed by atoms with Crippen LogP contribution in [0.3, 0.4) is 0 Å². The maximum atomic E-state index is 4.41. The van der Waals surface area contributed by atoms with Crippen molar-refractivity contribution in [1.82, 2.24) is 9.36 Å². The van der Waals surface area contributed by atoms with Crippen LogP contribution in [0.5, 0.6) is 0 Å². The van der Waals surface area contributed by atoms with Crippen LogP contribution in [0.1, 0.15) is 50.8 Å². The summed E-state index contributed by atoms with van der Waals surface area (Å²) in [5, 5.41) is 0. The quantitative estimate of drug-likeness (QED) is 0.815. The largest absolute Gasteiger partial charge is 0.212 e. The molecular formula is C10H15BrN2S. The Morgan fingerprint density at radius 3 is 2.57 bits per heavy atom. The molecule has 2 rings (SSSR count). The fraction of sp³-hybridized carbons (Fsp3) is 0.800. The van der Waals surface area contributed by atoms with E-state index in [1.807, 2.05) is 0 Å². The smallest absolute Gasteiger partial charge is 0.179 e. The van der Waals surface area contributed by atoms with Gasteiger partial charge in [-0.1, -0.05) is 13.3 Å². The molecule has 1 aromatic heterocycles. The van der Waals surface area contributed by atoms with Gasteiger partial charge >= 0.3 is 0 Å². The van der Waals surface area contributed by atoms with Crippen LogP contribution in [0.15, 0.2) is 3.92 Å². The second-order valence-electron chi connectivity index (χ2n) is 4.03. The third-order valence-electron chi connectivity index (χ3n) is 3.21. The van der Waals surface area contributed by atoms with Gasteiger partial charge in [-0.05, 0) is 59.1 Å². The number of nitrogens with zero attached hydrogens (tertiary/aromatic N) is 2. The first-order chi connectivity index (χ1) is 6.79. The summed E-state index contributed by atoms with van der Waals surface area (Å²) in [4.78, 5) is 4.41. The molecule has 1 aliphatic carbocycles. The van der Waals surface area contributed by atoms with Gasteiger partial charge in [-0.15, -0.1) is 0 Å². The van der Waals surface area contributed by atoms with Crippen LogP contribution in [-0.2, 0) is 0 Å². The number of halogens is 1. The molecule has 0 atom stereocenters. The van der Waals surface area contributed by atoms with Gasteiger partial charge in [-0.25, -0.2) is 4.98 Å². The molecule has 1 saturated carbocycles. The van der Waals surface area contributed by atoms with Crippen molar-refractivity contribution in [2.75, 3.05) is 0 Å². The average molecular weight is 275 g/mol. The van der Waals surface area contributed by atoms with Crippen molar-refractivity contribution >= 4 is 27.5 Å². The van der Waals surface area contributed by atoms with E-state index in [0.717, 1.165) is 15.7 Å². The van der Waals surface area contributed by atoms with E-state index in [0.29, 0.717) is 5.92 Å². The first kappa shape index (κ1) is 10.6. The summed E-state index contributed by atoms with van der Waals surface area (Å²) in [6, 6.07) is 0. The van der Waals surface area contributed by atoms with E-state index >= 15 is 0 Å². The molecule has 78 valence electrons. The minimum atomic E-state index is 0.625. The fourth-order valence-corrected chi connectivity index (χ4v) is 3.10. The Morgan fingerprint density at radius 1 is 1.36 bits per heavy atom. The van der Waals surface area contributed by atoms with Crippen molar-refractivity contribution in [3.63, 3.8) is 0 Å². The standard InChI is InChI=1S/C10H15BrN2S/c1-2-7-3-5-8(6-4-7)9-12-10(11)14-13-9/h7-8H,2-6H2,1H3. The van der Waals surface area contributed by atoms with Gasteiger partial charge in [0.15, 0.2) is 3.92 Å². The van der Waals surface area contributed by atoms with Crippen LogP contribution in [0.2, 0.25) is 0 Å². The lowest BCUT2D eigenvalue weighted by Crippen LogP contribution is -2.13. The van der Waals surface area contributed by atoms with Crippen molar-refractivity contribution in [2.45, 2.75) is 44.9 Å². The number of aromatic nitrogens is 2. The van der Waals surface area contributed by atoms with E-state index in [1.54, 1.807) is 0 Å². The monoisotopic (exact) mass is 274 g/mol. The molecule has 0 unspecified atom stereocenters. The summed E-state index contributed by atoms with van der Waals surface area (Å²) in [6.45, 7) is 2.29. The normalized spacial score (nSPS) is 27.9. The summed E-state index contributed by atoms with van der Waals surface area (Å²) in [5.74, 6) is 2.64. The first-order valence-corrected chi connectivity index (χ1v) is 6.85. The van der Waals surface area contributed by atoms with Crippen molar-refractivity contribution < 1.29 is 0 Å². The lowest BCUT2D eigenvalue weighted by molar-refractivity contribution is 0.313. The molecule has 2 nitrogen and oxygen atoms in total. The van der Waals surface area contributed by atoms with E-state index in [9.17, 15) is 0 Å². The SMILES string of the molecule is CCC1CCC(c2nsc(Br)n2)CC1. The van der Waals surface area contributed by atoms with Crippen LogP contribution in [0.25, 0.3) is 0 Å². The highest BCUT2D eigenvalue weighted by Gasteiger charge is 2.23. The number of hydrogen-bond donors (Lipinski definition) is 0. The summed E-state index contributed by atoms with van der Waals surface area (Å²) in [5.41, 5.74) is 0. The van der Waals surface area contributed by atoms with E-state index in [4.69, 9.17) is 0 Å². The van der Waals surface area contributed by atoms with Gasteiger partial charge in [0.2, 0.25) is 0 Å². The van der Waals surface area contributed by atoms with Crippen LogP contribution in [0.4, 0.5) is 0 Å². The van der Waals surface area contributed by atoms with Crippen molar-refractivity contribution in [1.29, 1.82) is 0 Å². The second-order valence-corrected chi connectivity index (χ2v) is 6.06. The molecule has 1 aromatic rings. The third-order valence-corrected chi connectivity index (χ3v) is 4.34. The van der Waals surface area contributed by atoms with Crippen molar-refractivity contribution in [3.05, 3.63) is 9.74 Å². The van der Waals surface area contributed by atoms with E-state index in [2.05, 4.69) is 32.2 Å². The molecule has 1 heterocycles. The molecule has 14 heavy (non-hydrogen) atoms. The average Bonchev–Trinajstić information content (AvgIpc) is 2.65. The van der Waals surface area contributed by atoms with Gasteiger partial charge in [0.1, 0.15) is 5.82 Å². The predicted molar refractivity (Wildman–Crippen MR) is 62.6 cm³/mol. The Labute approximate surface area is 97.4 Å². The molecule has 0 spiro atoms. The minimum absolute atomic E-state index is 0.625. The molecular weight excluding hydrogens is 260 g/mol. The zero-order chi connectivity index (χ0) is 9.97. The van der Waals surface area contributed by atoms with E-state index < -0.39 is 0 Å². The fourth-order valence-electron chi connectivity index (χ4n) is 2.21. The van der Waals surface area contributed by atoms with Gasteiger partial charge in [0.25, 0.3) is 0 Å².